The van der Waals surface area contributed by atoms with Crippen molar-refractivity contribution in [2.75, 3.05) is 40.3 Å². The highest BCUT2D eigenvalue weighted by Gasteiger charge is 2.21. The van der Waals surface area contributed by atoms with Gasteiger partial charge in [0.1, 0.15) is 12.4 Å². The Labute approximate surface area is 162 Å². The van der Waals surface area contributed by atoms with Crippen LogP contribution < -0.4 is 10.1 Å². The van der Waals surface area contributed by atoms with E-state index in [0.29, 0.717) is 12.4 Å². The van der Waals surface area contributed by atoms with E-state index in [1.807, 2.05) is 13.8 Å². The molecule has 1 amide bonds. The van der Waals surface area contributed by atoms with Gasteiger partial charge in [-0.2, -0.15) is 0 Å². The van der Waals surface area contributed by atoms with Gasteiger partial charge in [-0.3, -0.25) is 9.69 Å². The van der Waals surface area contributed by atoms with Gasteiger partial charge >= 0.3 is 0 Å². The monoisotopic (exact) mass is 397 g/mol. The summed E-state index contributed by atoms with van der Waals surface area (Å²) in [6.45, 7) is 7.04. The lowest BCUT2D eigenvalue weighted by atomic mass is 10.0. The van der Waals surface area contributed by atoms with Crippen LogP contribution in [0.5, 0.6) is 5.75 Å². The second-order valence-electron chi connectivity index (χ2n) is 7.39. The zero-order chi connectivity index (χ0) is 20.0. The molecule has 1 heterocycles. The molecular formula is C19H31N3O4S. The quantitative estimate of drug-likeness (QED) is 0.720. The number of likely N-dealkylation sites (tertiary alicyclic amines) is 1. The highest BCUT2D eigenvalue weighted by molar-refractivity contribution is 7.89. The lowest BCUT2D eigenvalue weighted by Gasteiger charge is -2.32. The highest BCUT2D eigenvalue weighted by Crippen LogP contribution is 2.18. The summed E-state index contributed by atoms with van der Waals surface area (Å²) < 4.78 is 31.0. The van der Waals surface area contributed by atoms with E-state index < -0.39 is 10.0 Å². The molecule has 1 aromatic carbocycles. The zero-order valence-electron chi connectivity index (χ0n) is 16.6. The molecule has 0 aromatic heterocycles. The van der Waals surface area contributed by atoms with E-state index in [2.05, 4.69) is 10.2 Å². The van der Waals surface area contributed by atoms with E-state index in [1.54, 1.807) is 24.3 Å². The summed E-state index contributed by atoms with van der Waals surface area (Å²) in [6.07, 6.45) is 1.91. The molecule has 1 saturated heterocycles. The Morgan fingerprint density at radius 3 is 2.33 bits per heavy atom. The minimum absolute atomic E-state index is 0.0236. The molecule has 1 aliphatic rings. The number of hydrogen-bond donors (Lipinski definition) is 1. The topological polar surface area (TPSA) is 79.0 Å². The van der Waals surface area contributed by atoms with Gasteiger partial charge in [0.15, 0.2) is 0 Å². The summed E-state index contributed by atoms with van der Waals surface area (Å²) in [5, 5.41) is 3.10. The van der Waals surface area contributed by atoms with E-state index >= 15 is 0 Å². The molecule has 7 nitrogen and oxygen atoms in total. The van der Waals surface area contributed by atoms with E-state index in [1.165, 1.54) is 18.4 Å². The molecule has 152 valence electrons. The van der Waals surface area contributed by atoms with Crippen molar-refractivity contribution in [1.29, 1.82) is 0 Å². The molecule has 1 fully saturated rings. The molecule has 2 rings (SSSR count). The van der Waals surface area contributed by atoms with Crippen LogP contribution in [0, 0.1) is 5.92 Å². The fourth-order valence-corrected chi connectivity index (χ4v) is 3.78. The molecule has 0 atom stereocenters. The maximum Gasteiger partial charge on any atom is 0.242 e. The summed E-state index contributed by atoms with van der Waals surface area (Å²) >= 11 is 0. The average Bonchev–Trinajstić information content (AvgIpc) is 2.63. The van der Waals surface area contributed by atoms with Crippen LogP contribution in [0.25, 0.3) is 0 Å². The van der Waals surface area contributed by atoms with Gasteiger partial charge in [0.2, 0.25) is 15.9 Å². The number of nitrogens with zero attached hydrogens (tertiary/aromatic N) is 2. The smallest absolute Gasteiger partial charge is 0.242 e. The van der Waals surface area contributed by atoms with Crippen molar-refractivity contribution in [2.24, 2.45) is 5.92 Å². The Hall–Kier alpha value is -1.64. The van der Waals surface area contributed by atoms with Crippen LogP contribution in [0.15, 0.2) is 29.2 Å². The van der Waals surface area contributed by atoms with Gasteiger partial charge in [-0.25, -0.2) is 12.7 Å². The van der Waals surface area contributed by atoms with Gasteiger partial charge < -0.3 is 10.1 Å². The standard InChI is InChI=1S/C19H31N3O4S/c1-15(2)19(23)20-16-9-11-22(12-10-16)13-14-26-17-5-7-18(8-6-17)27(24,25)21(3)4/h5-8,15-16H,9-14H2,1-4H3,(H,20,23). The number of hydrogen-bond acceptors (Lipinski definition) is 5. The number of rotatable bonds is 8. The fourth-order valence-electron chi connectivity index (χ4n) is 2.88. The van der Waals surface area contributed by atoms with Gasteiger partial charge in [0.25, 0.3) is 0 Å². The summed E-state index contributed by atoms with van der Waals surface area (Å²) in [7, 11) is -0.389. The van der Waals surface area contributed by atoms with Crippen molar-refractivity contribution in [3.05, 3.63) is 24.3 Å². The maximum atomic E-state index is 12.0. The van der Waals surface area contributed by atoms with Crippen molar-refractivity contribution in [2.45, 2.75) is 37.6 Å². The van der Waals surface area contributed by atoms with Crippen LogP contribution in [-0.2, 0) is 14.8 Å². The highest BCUT2D eigenvalue weighted by atomic mass is 32.2. The molecule has 1 N–H and O–H groups in total. The first kappa shape index (κ1) is 21.7. The SMILES string of the molecule is CC(C)C(=O)NC1CCN(CCOc2ccc(S(=O)(=O)N(C)C)cc2)CC1. The first-order chi connectivity index (χ1) is 12.7. The van der Waals surface area contributed by atoms with Crippen molar-refractivity contribution in [3.8, 4) is 5.75 Å². The fraction of sp³-hybridized carbons (Fsp3) is 0.632. The summed E-state index contributed by atoms with van der Waals surface area (Å²) in [6, 6.07) is 6.76. The lowest BCUT2D eigenvalue weighted by Crippen LogP contribution is -2.46. The molecule has 1 aromatic rings. The number of benzene rings is 1. The average molecular weight is 398 g/mol. The lowest BCUT2D eigenvalue weighted by molar-refractivity contribution is -0.125. The predicted molar refractivity (Wildman–Crippen MR) is 105 cm³/mol. The largest absolute Gasteiger partial charge is 0.492 e. The number of carbonyl (C=O) groups is 1. The summed E-state index contributed by atoms with van der Waals surface area (Å²) in [4.78, 5) is 14.3. The molecular weight excluding hydrogens is 366 g/mol. The third kappa shape index (κ3) is 6.19. The zero-order valence-corrected chi connectivity index (χ0v) is 17.5. The Morgan fingerprint density at radius 2 is 1.81 bits per heavy atom. The predicted octanol–water partition coefficient (Wildman–Crippen LogP) is 1.55. The van der Waals surface area contributed by atoms with E-state index in [-0.39, 0.29) is 22.8 Å². The van der Waals surface area contributed by atoms with E-state index in [9.17, 15) is 13.2 Å². The van der Waals surface area contributed by atoms with Crippen molar-refractivity contribution in [3.63, 3.8) is 0 Å². The van der Waals surface area contributed by atoms with Crippen LogP contribution >= 0.6 is 0 Å². The first-order valence-electron chi connectivity index (χ1n) is 9.38. The number of ether oxygens (including phenoxy) is 1. The summed E-state index contributed by atoms with van der Waals surface area (Å²) in [5.74, 6) is 0.804. The molecule has 0 saturated carbocycles. The van der Waals surface area contributed by atoms with Crippen molar-refractivity contribution >= 4 is 15.9 Å². The number of carbonyl (C=O) groups excluding carboxylic acids is 1. The molecule has 0 unspecified atom stereocenters. The van der Waals surface area contributed by atoms with Crippen molar-refractivity contribution < 1.29 is 17.9 Å². The Bertz CT molecular complexity index is 709. The molecule has 0 radical (unpaired) electrons. The molecule has 0 bridgehead atoms. The van der Waals surface area contributed by atoms with Gasteiger partial charge in [0.05, 0.1) is 4.90 Å². The minimum Gasteiger partial charge on any atom is -0.492 e. The Morgan fingerprint density at radius 1 is 1.22 bits per heavy atom. The van der Waals surface area contributed by atoms with Gasteiger partial charge in [-0.15, -0.1) is 0 Å². The Balaban J connectivity index is 1.72. The number of piperidine rings is 1. The normalized spacial score (nSPS) is 16.7. The van der Waals surface area contributed by atoms with Crippen LogP contribution in [0.1, 0.15) is 26.7 Å². The third-order valence-electron chi connectivity index (χ3n) is 4.74. The Kier molecular flexibility index (Phi) is 7.64. The van der Waals surface area contributed by atoms with Crippen LogP contribution in [-0.4, -0.2) is 69.9 Å². The van der Waals surface area contributed by atoms with Crippen LogP contribution in [0.3, 0.4) is 0 Å². The maximum absolute atomic E-state index is 12.0. The first-order valence-corrected chi connectivity index (χ1v) is 10.8. The molecule has 8 heteroatoms. The van der Waals surface area contributed by atoms with Crippen molar-refractivity contribution in [1.82, 2.24) is 14.5 Å². The third-order valence-corrected chi connectivity index (χ3v) is 6.57. The van der Waals surface area contributed by atoms with Gasteiger partial charge in [0, 0.05) is 45.7 Å². The van der Waals surface area contributed by atoms with Gasteiger partial charge in [-0.05, 0) is 37.1 Å². The van der Waals surface area contributed by atoms with Gasteiger partial charge in [-0.1, -0.05) is 13.8 Å². The number of nitrogens with one attached hydrogen (secondary N) is 1. The summed E-state index contributed by atoms with van der Waals surface area (Å²) in [5.41, 5.74) is 0. The second-order valence-corrected chi connectivity index (χ2v) is 9.54. The van der Waals surface area contributed by atoms with E-state index in [0.717, 1.165) is 32.5 Å². The number of sulfonamides is 1. The minimum atomic E-state index is -3.41. The molecule has 1 aliphatic heterocycles. The molecule has 0 spiro atoms. The molecule has 0 aliphatic carbocycles. The van der Waals surface area contributed by atoms with Crippen LogP contribution in [0.4, 0.5) is 0 Å². The van der Waals surface area contributed by atoms with Crippen LogP contribution in [0.2, 0.25) is 0 Å². The second kappa shape index (κ2) is 9.52. The number of amides is 1. The molecule has 27 heavy (non-hydrogen) atoms. The van der Waals surface area contributed by atoms with E-state index in [4.69, 9.17) is 4.74 Å².